The highest BCUT2D eigenvalue weighted by Gasteiger charge is 2.37. The first-order chi connectivity index (χ1) is 13.1. The maximum atomic E-state index is 13.1. The van der Waals surface area contributed by atoms with Crippen molar-refractivity contribution >= 4 is 25.8 Å². The van der Waals surface area contributed by atoms with E-state index in [1.54, 1.807) is 6.92 Å². The van der Waals surface area contributed by atoms with Crippen molar-refractivity contribution < 1.29 is 21.6 Å². The molecule has 28 heavy (non-hydrogen) atoms. The molecule has 158 valence electrons. The van der Waals surface area contributed by atoms with Gasteiger partial charge in [-0.05, 0) is 50.5 Å². The van der Waals surface area contributed by atoms with Crippen molar-refractivity contribution in [2.45, 2.75) is 62.3 Å². The lowest BCUT2D eigenvalue weighted by Gasteiger charge is -2.36. The zero-order chi connectivity index (χ0) is 20.9. The standard InChI is InChI=1S/C19H30N2O5S2/c1-4-6-13-20-19(22)16-8-7-15(3)21(14-16)28(25,26)18-11-9-17(10-12-18)27(23,24)5-2/h9-12,15-16H,4-8,13-14H2,1-3H3,(H,20,22). The van der Waals surface area contributed by atoms with Gasteiger partial charge in [-0.3, -0.25) is 4.79 Å². The largest absolute Gasteiger partial charge is 0.356 e. The third-order valence-corrected chi connectivity index (χ3v) is 8.94. The highest BCUT2D eigenvalue weighted by atomic mass is 32.2. The lowest BCUT2D eigenvalue weighted by molar-refractivity contribution is -0.126. The fraction of sp³-hybridized carbons (Fsp3) is 0.632. The van der Waals surface area contributed by atoms with E-state index in [4.69, 9.17) is 0 Å². The van der Waals surface area contributed by atoms with Crippen molar-refractivity contribution in [3.8, 4) is 0 Å². The number of sulfone groups is 1. The van der Waals surface area contributed by atoms with Crippen LogP contribution >= 0.6 is 0 Å². The molecule has 2 unspecified atom stereocenters. The van der Waals surface area contributed by atoms with Gasteiger partial charge in [0.25, 0.3) is 0 Å². The van der Waals surface area contributed by atoms with Gasteiger partial charge in [0.2, 0.25) is 15.9 Å². The fourth-order valence-electron chi connectivity index (χ4n) is 3.28. The second kappa shape index (κ2) is 9.37. The monoisotopic (exact) mass is 430 g/mol. The van der Waals surface area contributed by atoms with E-state index in [-0.39, 0.29) is 40.0 Å². The molecule has 1 saturated heterocycles. The summed E-state index contributed by atoms with van der Waals surface area (Å²) in [7, 11) is -7.20. The van der Waals surface area contributed by atoms with Gasteiger partial charge >= 0.3 is 0 Å². The van der Waals surface area contributed by atoms with Crippen molar-refractivity contribution in [1.29, 1.82) is 0 Å². The van der Waals surface area contributed by atoms with Crippen LogP contribution in [0.2, 0.25) is 0 Å². The van der Waals surface area contributed by atoms with Crippen molar-refractivity contribution in [1.82, 2.24) is 9.62 Å². The number of nitrogens with one attached hydrogen (secondary N) is 1. The van der Waals surface area contributed by atoms with Gasteiger partial charge in [0.1, 0.15) is 0 Å². The zero-order valence-electron chi connectivity index (χ0n) is 16.7. The lowest BCUT2D eigenvalue weighted by atomic mass is 9.94. The van der Waals surface area contributed by atoms with E-state index in [1.807, 2.05) is 13.8 Å². The Morgan fingerprint density at radius 2 is 1.68 bits per heavy atom. The molecule has 2 atom stereocenters. The molecule has 0 saturated carbocycles. The number of rotatable bonds is 8. The number of carbonyl (C=O) groups excluding carboxylic acids is 1. The topological polar surface area (TPSA) is 101 Å². The third-order valence-electron chi connectivity index (χ3n) is 5.19. The van der Waals surface area contributed by atoms with Gasteiger partial charge in [0.05, 0.1) is 21.5 Å². The molecule has 0 bridgehead atoms. The van der Waals surface area contributed by atoms with Crippen LogP contribution in [0.5, 0.6) is 0 Å². The van der Waals surface area contributed by atoms with E-state index in [0.29, 0.717) is 19.4 Å². The van der Waals surface area contributed by atoms with Crippen molar-refractivity contribution in [3.05, 3.63) is 24.3 Å². The predicted molar refractivity (Wildman–Crippen MR) is 108 cm³/mol. The lowest BCUT2D eigenvalue weighted by Crippen LogP contribution is -2.49. The highest BCUT2D eigenvalue weighted by Crippen LogP contribution is 2.29. The molecule has 7 nitrogen and oxygen atoms in total. The quantitative estimate of drug-likeness (QED) is 0.637. The summed E-state index contributed by atoms with van der Waals surface area (Å²) in [6.07, 6.45) is 3.13. The minimum Gasteiger partial charge on any atom is -0.356 e. The maximum absolute atomic E-state index is 13.1. The summed E-state index contributed by atoms with van der Waals surface area (Å²) in [5.41, 5.74) is 0. The number of amides is 1. The van der Waals surface area contributed by atoms with Gasteiger partial charge in [0, 0.05) is 19.1 Å². The van der Waals surface area contributed by atoms with Gasteiger partial charge in [0.15, 0.2) is 9.84 Å². The molecular formula is C19H30N2O5S2. The summed E-state index contributed by atoms with van der Waals surface area (Å²) < 4.78 is 51.4. The van der Waals surface area contributed by atoms with E-state index < -0.39 is 19.9 Å². The van der Waals surface area contributed by atoms with Gasteiger partial charge in [-0.15, -0.1) is 0 Å². The SMILES string of the molecule is CCCCNC(=O)C1CCC(C)N(S(=O)(=O)c2ccc(S(=O)(=O)CC)cc2)C1. The summed E-state index contributed by atoms with van der Waals surface area (Å²) >= 11 is 0. The second-order valence-electron chi connectivity index (χ2n) is 7.22. The molecule has 1 heterocycles. The molecule has 1 aromatic carbocycles. The van der Waals surface area contributed by atoms with Crippen molar-refractivity contribution in [2.24, 2.45) is 5.92 Å². The second-order valence-corrected chi connectivity index (χ2v) is 11.4. The Kier molecular flexibility index (Phi) is 7.64. The summed E-state index contributed by atoms with van der Waals surface area (Å²) in [5.74, 6) is -0.524. The molecule has 1 aliphatic heterocycles. The Bertz CT molecular complexity index is 879. The number of unbranched alkanes of at least 4 members (excludes halogenated alkanes) is 1. The molecule has 1 aromatic rings. The molecule has 1 fully saturated rings. The van der Waals surface area contributed by atoms with Gasteiger partial charge in [-0.1, -0.05) is 20.3 Å². The molecule has 1 N–H and O–H groups in total. The Morgan fingerprint density at radius 3 is 2.25 bits per heavy atom. The predicted octanol–water partition coefficient (Wildman–Crippen LogP) is 2.19. The molecular weight excluding hydrogens is 400 g/mol. The van der Waals surface area contributed by atoms with Crippen molar-refractivity contribution in [3.63, 3.8) is 0 Å². The molecule has 1 aliphatic rings. The zero-order valence-corrected chi connectivity index (χ0v) is 18.4. The van der Waals surface area contributed by atoms with Crippen molar-refractivity contribution in [2.75, 3.05) is 18.8 Å². The molecule has 2 rings (SSSR count). The van der Waals surface area contributed by atoms with Crippen LogP contribution in [0.1, 0.15) is 46.5 Å². The number of hydrogen-bond acceptors (Lipinski definition) is 5. The Morgan fingerprint density at radius 1 is 1.07 bits per heavy atom. The number of sulfonamides is 1. The number of carbonyl (C=O) groups is 1. The van der Waals surface area contributed by atoms with Gasteiger partial charge in [-0.2, -0.15) is 4.31 Å². The molecule has 0 aliphatic carbocycles. The molecule has 0 radical (unpaired) electrons. The third kappa shape index (κ3) is 5.12. The molecule has 0 spiro atoms. The van der Waals surface area contributed by atoms with E-state index in [9.17, 15) is 21.6 Å². The number of hydrogen-bond donors (Lipinski definition) is 1. The first kappa shape index (κ1) is 22.8. The molecule has 0 aromatic heterocycles. The number of benzene rings is 1. The van der Waals surface area contributed by atoms with Crippen LogP contribution in [-0.4, -0.2) is 51.9 Å². The van der Waals surface area contributed by atoms with Gasteiger partial charge < -0.3 is 5.32 Å². The summed E-state index contributed by atoms with van der Waals surface area (Å²) in [5, 5.41) is 2.88. The number of piperidine rings is 1. The minimum atomic E-state index is -3.81. The Balaban J connectivity index is 2.19. The van der Waals surface area contributed by atoms with Crippen LogP contribution in [0.3, 0.4) is 0 Å². The first-order valence-electron chi connectivity index (χ1n) is 9.75. The van der Waals surface area contributed by atoms with Crippen LogP contribution in [0, 0.1) is 5.92 Å². The van der Waals surface area contributed by atoms with E-state index in [0.717, 1.165) is 12.8 Å². The summed E-state index contributed by atoms with van der Waals surface area (Å²) in [6.45, 7) is 6.15. The van der Waals surface area contributed by atoms with Crippen LogP contribution in [0.4, 0.5) is 0 Å². The summed E-state index contributed by atoms with van der Waals surface area (Å²) in [4.78, 5) is 12.5. The Hall–Kier alpha value is -1.45. The van der Waals surface area contributed by atoms with Gasteiger partial charge in [-0.25, -0.2) is 16.8 Å². The Labute approximate surface area is 168 Å². The van der Waals surface area contributed by atoms with Crippen LogP contribution in [0.15, 0.2) is 34.1 Å². The van der Waals surface area contributed by atoms with Crippen LogP contribution in [0.25, 0.3) is 0 Å². The molecule has 9 heteroatoms. The normalized spacial score (nSPS) is 21.4. The van der Waals surface area contributed by atoms with E-state index in [2.05, 4.69) is 5.32 Å². The fourth-order valence-corrected chi connectivity index (χ4v) is 5.87. The van der Waals surface area contributed by atoms with E-state index >= 15 is 0 Å². The average Bonchev–Trinajstić information content (AvgIpc) is 2.68. The minimum absolute atomic E-state index is 0.0430. The smallest absolute Gasteiger partial charge is 0.243 e. The number of nitrogens with zero attached hydrogens (tertiary/aromatic N) is 1. The van der Waals surface area contributed by atoms with E-state index in [1.165, 1.54) is 28.6 Å². The average molecular weight is 431 g/mol. The van der Waals surface area contributed by atoms with Crippen LogP contribution < -0.4 is 5.32 Å². The van der Waals surface area contributed by atoms with Crippen LogP contribution in [-0.2, 0) is 24.7 Å². The first-order valence-corrected chi connectivity index (χ1v) is 12.8. The molecule has 1 amide bonds. The maximum Gasteiger partial charge on any atom is 0.243 e. The summed E-state index contributed by atoms with van der Waals surface area (Å²) in [6, 6.07) is 5.10. The highest BCUT2D eigenvalue weighted by molar-refractivity contribution is 7.91.